The van der Waals surface area contributed by atoms with Gasteiger partial charge in [0.25, 0.3) is 5.91 Å². The number of nitrogens with one attached hydrogen (secondary N) is 1. The van der Waals surface area contributed by atoms with Gasteiger partial charge in [-0.1, -0.05) is 30.3 Å². The molecule has 0 spiro atoms. The van der Waals surface area contributed by atoms with Crippen LogP contribution in [0.1, 0.15) is 37.0 Å². The third-order valence-electron chi connectivity index (χ3n) is 4.68. The van der Waals surface area contributed by atoms with Crippen molar-refractivity contribution in [1.82, 2.24) is 4.90 Å². The van der Waals surface area contributed by atoms with E-state index in [4.69, 9.17) is 4.74 Å². The van der Waals surface area contributed by atoms with Crippen LogP contribution in [0.2, 0.25) is 0 Å². The summed E-state index contributed by atoms with van der Waals surface area (Å²) in [6, 6.07) is 16.8. The number of benzene rings is 2. The van der Waals surface area contributed by atoms with Crippen molar-refractivity contribution in [3.8, 4) is 5.75 Å². The summed E-state index contributed by atoms with van der Waals surface area (Å²) in [6.07, 6.45) is 1.37. The van der Waals surface area contributed by atoms with Crippen LogP contribution in [0, 0.1) is 5.92 Å². The molecule has 1 fully saturated rings. The Labute approximate surface area is 160 Å². The number of nitrogens with zero attached hydrogens (tertiary/aromatic N) is 1. The molecule has 2 aromatic rings. The number of likely N-dealkylation sites (tertiary alicyclic amines) is 1. The zero-order valence-electron chi connectivity index (χ0n) is 15.9. The summed E-state index contributed by atoms with van der Waals surface area (Å²) in [5.41, 5.74) is 1.39. The molecule has 5 heteroatoms. The Bertz CT molecular complexity index is 781. The summed E-state index contributed by atoms with van der Waals surface area (Å²) in [6.45, 7) is 5.10. The Morgan fingerprint density at radius 2 is 1.63 bits per heavy atom. The Balaban J connectivity index is 1.57. The van der Waals surface area contributed by atoms with Gasteiger partial charge in [0.1, 0.15) is 5.75 Å². The number of carbonyl (C=O) groups is 2. The van der Waals surface area contributed by atoms with Crippen LogP contribution in [0.25, 0.3) is 0 Å². The Morgan fingerprint density at radius 3 is 2.30 bits per heavy atom. The molecule has 2 aromatic carbocycles. The summed E-state index contributed by atoms with van der Waals surface area (Å²) in [5.74, 6) is 0.598. The lowest BCUT2D eigenvalue weighted by molar-refractivity contribution is -0.121. The molecule has 0 radical (unpaired) electrons. The number of hydrogen-bond acceptors (Lipinski definition) is 3. The molecule has 1 heterocycles. The van der Waals surface area contributed by atoms with Gasteiger partial charge in [0.15, 0.2) is 0 Å². The third kappa shape index (κ3) is 4.88. The highest BCUT2D eigenvalue weighted by atomic mass is 16.5. The lowest BCUT2D eigenvalue weighted by Crippen LogP contribution is -2.41. The quantitative estimate of drug-likeness (QED) is 0.871. The first-order valence-electron chi connectivity index (χ1n) is 9.45. The van der Waals surface area contributed by atoms with E-state index in [1.807, 2.05) is 73.3 Å². The Hall–Kier alpha value is -2.82. The van der Waals surface area contributed by atoms with E-state index in [-0.39, 0.29) is 23.8 Å². The number of piperidine rings is 1. The molecule has 0 aliphatic carbocycles. The molecule has 0 atom stereocenters. The van der Waals surface area contributed by atoms with Crippen molar-refractivity contribution in [2.45, 2.75) is 32.8 Å². The average Bonchev–Trinajstić information content (AvgIpc) is 2.69. The van der Waals surface area contributed by atoms with Crippen molar-refractivity contribution in [1.29, 1.82) is 0 Å². The van der Waals surface area contributed by atoms with Crippen molar-refractivity contribution in [3.05, 3.63) is 60.2 Å². The van der Waals surface area contributed by atoms with Gasteiger partial charge >= 0.3 is 0 Å². The molecule has 142 valence electrons. The molecule has 2 amide bonds. The molecule has 0 unspecified atom stereocenters. The second-order valence-corrected chi connectivity index (χ2v) is 7.08. The maximum atomic E-state index is 12.7. The van der Waals surface area contributed by atoms with E-state index in [0.717, 1.165) is 0 Å². The maximum absolute atomic E-state index is 12.7. The molecule has 1 aliphatic heterocycles. The van der Waals surface area contributed by atoms with E-state index < -0.39 is 0 Å². The van der Waals surface area contributed by atoms with E-state index in [2.05, 4.69) is 5.32 Å². The minimum Gasteiger partial charge on any atom is -0.489 e. The average molecular weight is 366 g/mol. The fourth-order valence-electron chi connectivity index (χ4n) is 3.27. The molecule has 5 nitrogen and oxygen atoms in total. The van der Waals surface area contributed by atoms with Crippen molar-refractivity contribution in [2.24, 2.45) is 5.92 Å². The third-order valence-corrected chi connectivity index (χ3v) is 4.68. The van der Waals surface area contributed by atoms with Crippen molar-refractivity contribution >= 4 is 17.5 Å². The predicted molar refractivity (Wildman–Crippen MR) is 106 cm³/mol. The maximum Gasteiger partial charge on any atom is 0.253 e. The number of anilines is 1. The lowest BCUT2D eigenvalue weighted by atomic mass is 9.95. The molecule has 0 aromatic heterocycles. The zero-order valence-corrected chi connectivity index (χ0v) is 15.9. The molecule has 3 rings (SSSR count). The van der Waals surface area contributed by atoms with Crippen LogP contribution in [0.15, 0.2) is 54.6 Å². The molecular formula is C22H26N2O3. The van der Waals surface area contributed by atoms with Gasteiger partial charge in [-0.25, -0.2) is 0 Å². The van der Waals surface area contributed by atoms with Crippen LogP contribution >= 0.6 is 0 Å². The molecule has 0 bridgehead atoms. The fourth-order valence-corrected chi connectivity index (χ4v) is 3.27. The number of amides is 2. The summed E-state index contributed by atoms with van der Waals surface area (Å²) in [7, 11) is 0. The highest BCUT2D eigenvalue weighted by molar-refractivity contribution is 5.95. The second-order valence-electron chi connectivity index (χ2n) is 7.08. The van der Waals surface area contributed by atoms with Crippen LogP contribution in [0.5, 0.6) is 5.75 Å². The van der Waals surface area contributed by atoms with E-state index in [0.29, 0.717) is 42.9 Å². The lowest BCUT2D eigenvalue weighted by Gasteiger charge is -2.31. The number of ether oxygens (including phenoxy) is 1. The molecule has 0 saturated carbocycles. The number of para-hydroxylation sites is 2. The monoisotopic (exact) mass is 366 g/mol. The first-order valence-corrected chi connectivity index (χ1v) is 9.45. The Kier molecular flexibility index (Phi) is 6.12. The summed E-state index contributed by atoms with van der Waals surface area (Å²) >= 11 is 0. The molecule has 27 heavy (non-hydrogen) atoms. The normalized spacial score (nSPS) is 14.9. The summed E-state index contributed by atoms with van der Waals surface area (Å²) < 4.78 is 5.76. The molecule has 1 N–H and O–H groups in total. The predicted octanol–water partition coefficient (Wildman–Crippen LogP) is 3.96. The van der Waals surface area contributed by atoms with Crippen molar-refractivity contribution in [3.63, 3.8) is 0 Å². The largest absolute Gasteiger partial charge is 0.489 e. The number of rotatable bonds is 5. The minimum absolute atomic E-state index is 0.0124. The minimum atomic E-state index is -0.100. The van der Waals surface area contributed by atoms with Crippen LogP contribution in [-0.2, 0) is 4.79 Å². The topological polar surface area (TPSA) is 58.6 Å². The van der Waals surface area contributed by atoms with Gasteiger partial charge in [-0.15, -0.1) is 0 Å². The zero-order chi connectivity index (χ0) is 19.2. The molecule has 1 saturated heterocycles. The smallest absolute Gasteiger partial charge is 0.253 e. The summed E-state index contributed by atoms with van der Waals surface area (Å²) in [5, 5.41) is 2.99. The van der Waals surface area contributed by atoms with E-state index in [9.17, 15) is 9.59 Å². The van der Waals surface area contributed by atoms with E-state index in [1.54, 1.807) is 0 Å². The van der Waals surface area contributed by atoms with Gasteiger partial charge in [0.05, 0.1) is 11.8 Å². The number of hydrogen-bond donors (Lipinski definition) is 1. The van der Waals surface area contributed by atoms with Crippen LogP contribution in [0.4, 0.5) is 5.69 Å². The van der Waals surface area contributed by atoms with Crippen LogP contribution < -0.4 is 10.1 Å². The van der Waals surface area contributed by atoms with Crippen LogP contribution in [-0.4, -0.2) is 35.9 Å². The van der Waals surface area contributed by atoms with Gasteiger partial charge in [-0.3, -0.25) is 9.59 Å². The summed E-state index contributed by atoms with van der Waals surface area (Å²) in [4.78, 5) is 27.0. The Morgan fingerprint density at radius 1 is 1.00 bits per heavy atom. The first-order chi connectivity index (χ1) is 13.0. The van der Waals surface area contributed by atoms with Gasteiger partial charge < -0.3 is 15.0 Å². The fraction of sp³-hybridized carbons (Fsp3) is 0.364. The standard InChI is InChI=1S/C22H26N2O3/c1-16(2)27-20-11-7-6-10-19(20)23-21(25)17-12-14-24(15-13-17)22(26)18-8-4-3-5-9-18/h3-11,16-17H,12-15H2,1-2H3,(H,23,25). The molecular weight excluding hydrogens is 340 g/mol. The van der Waals surface area contributed by atoms with Gasteiger partial charge in [0.2, 0.25) is 5.91 Å². The molecule has 1 aliphatic rings. The van der Waals surface area contributed by atoms with E-state index in [1.165, 1.54) is 0 Å². The van der Waals surface area contributed by atoms with Crippen molar-refractivity contribution in [2.75, 3.05) is 18.4 Å². The number of carbonyl (C=O) groups excluding carboxylic acids is 2. The van der Waals surface area contributed by atoms with Crippen LogP contribution in [0.3, 0.4) is 0 Å². The van der Waals surface area contributed by atoms with Gasteiger partial charge in [-0.05, 0) is 51.0 Å². The van der Waals surface area contributed by atoms with Gasteiger partial charge in [0, 0.05) is 24.6 Å². The van der Waals surface area contributed by atoms with E-state index >= 15 is 0 Å². The first kappa shape index (κ1) is 19.0. The highest BCUT2D eigenvalue weighted by Crippen LogP contribution is 2.27. The SMILES string of the molecule is CC(C)Oc1ccccc1NC(=O)C1CCN(C(=O)c2ccccc2)CC1. The highest BCUT2D eigenvalue weighted by Gasteiger charge is 2.28. The second kappa shape index (κ2) is 8.71. The van der Waals surface area contributed by atoms with Crippen molar-refractivity contribution < 1.29 is 14.3 Å². The van der Waals surface area contributed by atoms with Gasteiger partial charge in [-0.2, -0.15) is 0 Å².